The minimum absolute atomic E-state index is 0.0755. The molecule has 0 saturated carbocycles. The zero-order chi connectivity index (χ0) is 24.0. The fraction of sp³-hybridized carbons (Fsp3) is 0.348. The van der Waals surface area contributed by atoms with E-state index in [1.807, 2.05) is 0 Å². The van der Waals surface area contributed by atoms with Crippen molar-refractivity contribution >= 4 is 34.3 Å². The van der Waals surface area contributed by atoms with Crippen LogP contribution in [0.2, 0.25) is 0 Å². The molecule has 0 saturated heterocycles. The van der Waals surface area contributed by atoms with Gasteiger partial charge in [0, 0.05) is 11.0 Å². The number of nitrogens with one attached hydrogen (secondary N) is 1. The predicted octanol–water partition coefficient (Wildman–Crippen LogP) is 4.55. The summed E-state index contributed by atoms with van der Waals surface area (Å²) in [5.74, 6) is -0.837. The fourth-order valence-electron chi connectivity index (χ4n) is 3.45. The SMILES string of the molecule is COc1cc(C=CC(=O)OCC(=O)Nc2sc3c(c2C#N)CCC(C)C3)ccc1OC(F)F. The molecule has 0 aliphatic heterocycles. The van der Waals surface area contributed by atoms with Gasteiger partial charge in [-0.3, -0.25) is 4.79 Å². The minimum atomic E-state index is -2.99. The van der Waals surface area contributed by atoms with Gasteiger partial charge in [-0.1, -0.05) is 13.0 Å². The lowest BCUT2D eigenvalue weighted by molar-refractivity contribution is -0.142. The van der Waals surface area contributed by atoms with Gasteiger partial charge in [-0.25, -0.2) is 4.79 Å². The van der Waals surface area contributed by atoms with Crippen LogP contribution >= 0.6 is 11.3 Å². The maximum Gasteiger partial charge on any atom is 0.387 e. The molecular formula is C23H22F2N2O5S. The third-order valence-corrected chi connectivity index (χ3v) is 6.21. The molecule has 7 nitrogen and oxygen atoms in total. The number of anilines is 1. The molecule has 1 aliphatic rings. The lowest BCUT2D eigenvalue weighted by Crippen LogP contribution is -2.20. The number of methoxy groups -OCH3 is 1. The lowest BCUT2D eigenvalue weighted by Gasteiger charge is -2.17. The molecule has 2 aromatic rings. The lowest BCUT2D eigenvalue weighted by atomic mass is 9.89. The zero-order valence-corrected chi connectivity index (χ0v) is 18.8. The molecule has 10 heteroatoms. The van der Waals surface area contributed by atoms with Gasteiger partial charge in [0.2, 0.25) is 0 Å². The third kappa shape index (κ3) is 6.29. The standard InChI is InChI=1S/C23H22F2N2O5S/c1-13-3-6-15-16(11-26)22(33-19(15)9-13)27-20(28)12-31-21(29)8-5-14-4-7-17(32-23(24)25)18(10-14)30-2/h4-5,7-8,10,13,23H,3,6,9,12H2,1-2H3,(H,27,28). The second-order valence-corrected chi connectivity index (χ2v) is 8.55. The van der Waals surface area contributed by atoms with Crippen molar-refractivity contribution in [2.75, 3.05) is 19.0 Å². The number of ether oxygens (including phenoxy) is 3. The van der Waals surface area contributed by atoms with Gasteiger partial charge in [-0.05, 0) is 54.5 Å². The van der Waals surface area contributed by atoms with Crippen LogP contribution in [0.1, 0.15) is 34.9 Å². The molecule has 0 radical (unpaired) electrons. The van der Waals surface area contributed by atoms with Crippen molar-refractivity contribution in [2.24, 2.45) is 5.92 Å². The quantitative estimate of drug-likeness (QED) is 0.444. The Morgan fingerprint density at radius 2 is 2.15 bits per heavy atom. The van der Waals surface area contributed by atoms with Crippen LogP contribution in [0.3, 0.4) is 0 Å². The summed E-state index contributed by atoms with van der Waals surface area (Å²) < 4.78 is 39.1. The molecule has 1 amide bonds. The minimum Gasteiger partial charge on any atom is -0.493 e. The van der Waals surface area contributed by atoms with Crippen LogP contribution in [0, 0.1) is 17.2 Å². The molecule has 3 rings (SSSR count). The monoisotopic (exact) mass is 476 g/mol. The van der Waals surface area contributed by atoms with Crippen molar-refractivity contribution in [1.82, 2.24) is 0 Å². The summed E-state index contributed by atoms with van der Waals surface area (Å²) in [5, 5.41) is 12.6. The number of amides is 1. The summed E-state index contributed by atoms with van der Waals surface area (Å²) in [6.45, 7) is -1.35. The normalized spacial score (nSPS) is 15.1. The van der Waals surface area contributed by atoms with E-state index in [-0.39, 0.29) is 11.5 Å². The second kappa shape index (κ2) is 10.9. The highest BCUT2D eigenvalue weighted by atomic mass is 32.1. The summed E-state index contributed by atoms with van der Waals surface area (Å²) in [6.07, 6.45) is 5.18. The first-order chi connectivity index (χ1) is 15.8. The van der Waals surface area contributed by atoms with E-state index in [4.69, 9.17) is 9.47 Å². The van der Waals surface area contributed by atoms with E-state index >= 15 is 0 Å². The Kier molecular flexibility index (Phi) is 8.01. The maximum absolute atomic E-state index is 12.4. The van der Waals surface area contributed by atoms with E-state index in [0.29, 0.717) is 22.0 Å². The van der Waals surface area contributed by atoms with Crippen LogP contribution in [-0.4, -0.2) is 32.2 Å². The molecule has 174 valence electrons. The van der Waals surface area contributed by atoms with Gasteiger partial charge in [-0.15, -0.1) is 11.3 Å². The van der Waals surface area contributed by atoms with Crippen LogP contribution < -0.4 is 14.8 Å². The van der Waals surface area contributed by atoms with Gasteiger partial charge in [0.05, 0.1) is 12.7 Å². The van der Waals surface area contributed by atoms with Gasteiger partial charge in [0.25, 0.3) is 5.91 Å². The van der Waals surface area contributed by atoms with E-state index in [0.717, 1.165) is 35.8 Å². The summed E-state index contributed by atoms with van der Waals surface area (Å²) in [7, 11) is 1.30. The number of thiophene rings is 1. The van der Waals surface area contributed by atoms with Crippen molar-refractivity contribution in [1.29, 1.82) is 5.26 Å². The average molecular weight is 477 g/mol. The summed E-state index contributed by atoms with van der Waals surface area (Å²) in [6, 6.07) is 6.33. The van der Waals surface area contributed by atoms with Crippen molar-refractivity contribution in [2.45, 2.75) is 32.8 Å². The van der Waals surface area contributed by atoms with Crippen LogP contribution in [0.5, 0.6) is 11.5 Å². The highest BCUT2D eigenvalue weighted by molar-refractivity contribution is 7.16. The summed E-state index contributed by atoms with van der Waals surface area (Å²) in [4.78, 5) is 25.3. The van der Waals surface area contributed by atoms with Crippen LogP contribution in [-0.2, 0) is 27.2 Å². The number of benzene rings is 1. The number of esters is 1. The number of rotatable bonds is 8. The van der Waals surface area contributed by atoms with Crippen molar-refractivity contribution < 1.29 is 32.6 Å². The average Bonchev–Trinajstić information content (AvgIpc) is 3.12. The number of carbonyl (C=O) groups excluding carboxylic acids is 2. The largest absolute Gasteiger partial charge is 0.493 e. The molecule has 1 aromatic carbocycles. The van der Waals surface area contributed by atoms with Gasteiger partial charge in [-0.2, -0.15) is 14.0 Å². The Morgan fingerprint density at radius 1 is 1.36 bits per heavy atom. The predicted molar refractivity (Wildman–Crippen MR) is 118 cm³/mol. The molecule has 1 aliphatic carbocycles. The molecule has 1 atom stereocenters. The third-order valence-electron chi connectivity index (χ3n) is 5.04. The number of nitrogens with zero attached hydrogens (tertiary/aromatic N) is 1. The zero-order valence-electron chi connectivity index (χ0n) is 18.0. The smallest absolute Gasteiger partial charge is 0.387 e. The molecule has 0 bridgehead atoms. The van der Waals surface area contributed by atoms with Crippen molar-refractivity contribution in [3.8, 4) is 17.6 Å². The molecule has 0 fully saturated rings. The van der Waals surface area contributed by atoms with E-state index in [9.17, 15) is 23.6 Å². The Labute approximate surface area is 193 Å². The topological polar surface area (TPSA) is 97.6 Å². The summed E-state index contributed by atoms with van der Waals surface area (Å²) >= 11 is 1.39. The van der Waals surface area contributed by atoms with Crippen LogP contribution in [0.25, 0.3) is 6.08 Å². The molecule has 0 spiro atoms. The van der Waals surface area contributed by atoms with E-state index in [1.165, 1.54) is 42.7 Å². The number of carbonyl (C=O) groups is 2. The van der Waals surface area contributed by atoms with Gasteiger partial charge in [0.1, 0.15) is 11.1 Å². The molecule has 1 unspecified atom stereocenters. The van der Waals surface area contributed by atoms with Crippen molar-refractivity contribution in [3.63, 3.8) is 0 Å². The van der Waals surface area contributed by atoms with Crippen LogP contribution in [0.4, 0.5) is 13.8 Å². The number of fused-ring (bicyclic) bond motifs is 1. The number of hydrogen-bond acceptors (Lipinski definition) is 7. The van der Waals surface area contributed by atoms with E-state index in [1.54, 1.807) is 0 Å². The number of halogens is 2. The Balaban J connectivity index is 1.56. The first-order valence-corrected chi connectivity index (χ1v) is 10.9. The Morgan fingerprint density at radius 3 is 2.85 bits per heavy atom. The fourth-order valence-corrected chi connectivity index (χ4v) is 4.83. The van der Waals surface area contributed by atoms with Gasteiger partial charge in [0.15, 0.2) is 18.1 Å². The molecule has 1 heterocycles. The Hall–Kier alpha value is -3.45. The highest BCUT2D eigenvalue weighted by Crippen LogP contribution is 2.39. The molecule has 33 heavy (non-hydrogen) atoms. The summed E-state index contributed by atoms with van der Waals surface area (Å²) in [5.41, 5.74) is 1.96. The number of nitriles is 1. The highest BCUT2D eigenvalue weighted by Gasteiger charge is 2.24. The molecular weight excluding hydrogens is 454 g/mol. The van der Waals surface area contributed by atoms with Crippen LogP contribution in [0.15, 0.2) is 24.3 Å². The maximum atomic E-state index is 12.4. The molecule has 1 aromatic heterocycles. The van der Waals surface area contributed by atoms with Crippen molar-refractivity contribution in [3.05, 3.63) is 45.8 Å². The van der Waals surface area contributed by atoms with E-state index < -0.39 is 25.1 Å². The van der Waals surface area contributed by atoms with E-state index in [2.05, 4.69) is 23.0 Å². The first-order valence-electron chi connectivity index (χ1n) is 10.1. The Bertz CT molecular complexity index is 1110. The molecule has 1 N–H and O–H groups in total. The van der Waals surface area contributed by atoms with Gasteiger partial charge >= 0.3 is 12.6 Å². The number of hydrogen-bond donors (Lipinski definition) is 1. The van der Waals surface area contributed by atoms with Gasteiger partial charge < -0.3 is 19.5 Å². The first kappa shape index (κ1) is 24.2. The second-order valence-electron chi connectivity index (χ2n) is 7.45. The number of alkyl halides is 2.